The van der Waals surface area contributed by atoms with Crippen molar-refractivity contribution < 1.29 is 13.2 Å². The van der Waals surface area contributed by atoms with E-state index in [0.717, 1.165) is 36.8 Å². The second-order valence-corrected chi connectivity index (χ2v) is 11.1. The summed E-state index contributed by atoms with van der Waals surface area (Å²) in [6.07, 6.45) is 4.09. The topological polar surface area (TPSA) is 93.5 Å². The molecule has 1 aromatic carbocycles. The van der Waals surface area contributed by atoms with Crippen LogP contribution in [0.25, 0.3) is 0 Å². The number of piperazine rings is 1. The number of hydrogen-bond donors (Lipinski definition) is 1. The van der Waals surface area contributed by atoms with Gasteiger partial charge in [-0.15, -0.1) is 11.3 Å². The minimum absolute atomic E-state index is 0.162. The van der Waals surface area contributed by atoms with Crippen LogP contribution in [-0.2, 0) is 27.7 Å². The highest BCUT2D eigenvalue weighted by Gasteiger charge is 2.29. The summed E-state index contributed by atoms with van der Waals surface area (Å²) in [5.74, 6) is -0.162. The van der Waals surface area contributed by atoms with Crippen LogP contribution in [0.15, 0.2) is 29.2 Å². The Bertz CT molecular complexity index is 1110. The first-order valence-corrected chi connectivity index (χ1v) is 12.8. The van der Waals surface area contributed by atoms with Gasteiger partial charge in [-0.1, -0.05) is 17.7 Å². The molecule has 1 aromatic heterocycles. The van der Waals surface area contributed by atoms with Crippen molar-refractivity contribution >= 4 is 32.3 Å². The largest absolute Gasteiger partial charge is 0.315 e. The van der Waals surface area contributed by atoms with E-state index in [-0.39, 0.29) is 12.5 Å². The maximum atomic E-state index is 12.8. The van der Waals surface area contributed by atoms with E-state index in [1.807, 2.05) is 11.8 Å². The van der Waals surface area contributed by atoms with Crippen LogP contribution in [0.2, 0.25) is 0 Å². The molecular weight excluding hydrogens is 432 g/mol. The van der Waals surface area contributed by atoms with Gasteiger partial charge in [-0.25, -0.2) is 8.42 Å². The molecule has 2 heterocycles. The molecule has 1 saturated heterocycles. The zero-order chi connectivity index (χ0) is 22.0. The van der Waals surface area contributed by atoms with E-state index in [2.05, 4.69) is 11.4 Å². The predicted molar refractivity (Wildman–Crippen MR) is 121 cm³/mol. The van der Waals surface area contributed by atoms with Gasteiger partial charge in [-0.05, 0) is 50.3 Å². The van der Waals surface area contributed by atoms with Crippen molar-refractivity contribution in [1.29, 1.82) is 5.26 Å². The van der Waals surface area contributed by atoms with E-state index < -0.39 is 10.0 Å². The number of benzene rings is 1. The summed E-state index contributed by atoms with van der Waals surface area (Å²) in [4.78, 5) is 16.1. The smallest absolute Gasteiger partial charge is 0.243 e. The van der Waals surface area contributed by atoms with Crippen LogP contribution in [0.1, 0.15) is 34.4 Å². The normalized spacial score (nSPS) is 17.7. The van der Waals surface area contributed by atoms with Gasteiger partial charge in [0, 0.05) is 31.1 Å². The number of carbonyl (C=O) groups excluding carboxylic acids is 1. The number of nitriles is 1. The Morgan fingerprint density at radius 1 is 1.13 bits per heavy atom. The van der Waals surface area contributed by atoms with Crippen molar-refractivity contribution in [3.05, 3.63) is 45.8 Å². The maximum absolute atomic E-state index is 12.8. The van der Waals surface area contributed by atoms with Crippen molar-refractivity contribution in [3.8, 4) is 6.07 Å². The molecule has 164 valence electrons. The lowest BCUT2D eigenvalue weighted by molar-refractivity contribution is -0.117. The maximum Gasteiger partial charge on any atom is 0.243 e. The van der Waals surface area contributed by atoms with Crippen LogP contribution in [0.3, 0.4) is 0 Å². The minimum atomic E-state index is -3.52. The number of fused-ring (bicyclic) bond motifs is 1. The van der Waals surface area contributed by atoms with Crippen LogP contribution in [-0.4, -0.2) is 56.3 Å². The number of rotatable bonds is 5. The Hall–Kier alpha value is -2.25. The van der Waals surface area contributed by atoms with Gasteiger partial charge in [0.15, 0.2) is 0 Å². The van der Waals surface area contributed by atoms with Crippen molar-refractivity contribution in [2.75, 3.05) is 38.0 Å². The molecule has 7 nitrogen and oxygen atoms in total. The van der Waals surface area contributed by atoms with E-state index in [0.29, 0.717) is 41.6 Å². The zero-order valence-electron chi connectivity index (χ0n) is 17.6. The summed E-state index contributed by atoms with van der Waals surface area (Å²) in [7, 11) is -3.52. The number of carbonyl (C=O) groups is 1. The fourth-order valence-electron chi connectivity index (χ4n) is 4.13. The lowest BCUT2D eigenvalue weighted by atomic mass is 9.96. The van der Waals surface area contributed by atoms with Crippen molar-refractivity contribution in [1.82, 2.24) is 9.21 Å². The van der Waals surface area contributed by atoms with E-state index in [4.69, 9.17) is 0 Å². The molecule has 1 N–H and O–H groups in total. The molecule has 9 heteroatoms. The van der Waals surface area contributed by atoms with Crippen LogP contribution in [0, 0.1) is 18.3 Å². The molecule has 0 atom stereocenters. The van der Waals surface area contributed by atoms with E-state index >= 15 is 0 Å². The lowest BCUT2D eigenvalue weighted by Crippen LogP contribution is -2.50. The Labute approximate surface area is 187 Å². The first-order valence-electron chi connectivity index (χ1n) is 10.5. The summed E-state index contributed by atoms with van der Waals surface area (Å²) >= 11 is 1.52. The summed E-state index contributed by atoms with van der Waals surface area (Å²) < 4.78 is 27.1. The predicted octanol–water partition coefficient (Wildman–Crippen LogP) is 2.75. The number of nitrogens with zero attached hydrogens (tertiary/aromatic N) is 3. The van der Waals surface area contributed by atoms with E-state index in [1.54, 1.807) is 24.3 Å². The molecular formula is C22H26N4O3S2. The Kier molecular flexibility index (Phi) is 6.44. The highest BCUT2D eigenvalue weighted by molar-refractivity contribution is 7.89. The lowest BCUT2D eigenvalue weighted by Gasteiger charge is -2.33. The molecule has 31 heavy (non-hydrogen) atoms. The summed E-state index contributed by atoms with van der Waals surface area (Å²) in [6, 6.07) is 9.13. The standard InChI is InChI=1S/C22H26N4O3S2/c1-16-6-8-17(9-7-16)31(28,29)26-12-10-25(11-13-26)15-21(27)24-22-19(14-23)18-4-2-3-5-20(18)30-22/h6-9H,2-5,10-13,15H2,1H3,(H,24,27). The molecule has 1 fully saturated rings. The first-order chi connectivity index (χ1) is 14.9. The summed E-state index contributed by atoms with van der Waals surface area (Å²) in [6.45, 7) is 3.78. The Morgan fingerprint density at radius 3 is 2.48 bits per heavy atom. The molecule has 1 amide bonds. The van der Waals surface area contributed by atoms with Gasteiger partial charge in [-0.3, -0.25) is 9.69 Å². The monoisotopic (exact) mass is 458 g/mol. The molecule has 2 aliphatic rings. The van der Waals surface area contributed by atoms with Gasteiger partial charge in [0.2, 0.25) is 15.9 Å². The van der Waals surface area contributed by atoms with E-state index in [9.17, 15) is 18.5 Å². The number of hydrogen-bond acceptors (Lipinski definition) is 6. The number of aryl methyl sites for hydroxylation is 2. The number of thiophene rings is 1. The molecule has 0 unspecified atom stereocenters. The number of sulfonamides is 1. The molecule has 4 rings (SSSR count). The molecule has 0 bridgehead atoms. The highest BCUT2D eigenvalue weighted by Crippen LogP contribution is 2.37. The number of anilines is 1. The molecule has 0 radical (unpaired) electrons. The first kappa shape index (κ1) is 22.0. The molecule has 0 spiro atoms. The fourth-order valence-corrected chi connectivity index (χ4v) is 6.81. The second kappa shape index (κ2) is 9.09. The minimum Gasteiger partial charge on any atom is -0.315 e. The van der Waals surface area contributed by atoms with Crippen molar-refractivity contribution in [2.45, 2.75) is 37.5 Å². The fraction of sp³-hybridized carbons (Fsp3) is 0.455. The Morgan fingerprint density at radius 2 is 1.81 bits per heavy atom. The SMILES string of the molecule is Cc1ccc(S(=O)(=O)N2CCN(CC(=O)Nc3sc4c(c3C#N)CCCC4)CC2)cc1. The average molecular weight is 459 g/mol. The van der Waals surface area contributed by atoms with Crippen LogP contribution < -0.4 is 5.32 Å². The Balaban J connectivity index is 1.34. The molecule has 1 aliphatic heterocycles. The van der Waals surface area contributed by atoms with Crippen molar-refractivity contribution in [3.63, 3.8) is 0 Å². The van der Waals surface area contributed by atoms with Crippen LogP contribution in [0.5, 0.6) is 0 Å². The second-order valence-electron chi connectivity index (χ2n) is 8.07. The molecule has 2 aromatic rings. The third kappa shape index (κ3) is 4.67. The van der Waals surface area contributed by atoms with Crippen LogP contribution in [0.4, 0.5) is 5.00 Å². The van der Waals surface area contributed by atoms with Gasteiger partial charge >= 0.3 is 0 Å². The summed E-state index contributed by atoms with van der Waals surface area (Å²) in [5, 5.41) is 13.1. The molecule has 1 aliphatic carbocycles. The third-order valence-electron chi connectivity index (χ3n) is 5.89. The quantitative estimate of drug-likeness (QED) is 0.744. The van der Waals surface area contributed by atoms with E-state index in [1.165, 1.54) is 20.5 Å². The zero-order valence-corrected chi connectivity index (χ0v) is 19.2. The summed E-state index contributed by atoms with van der Waals surface area (Å²) in [5.41, 5.74) is 2.73. The third-order valence-corrected chi connectivity index (χ3v) is 9.01. The van der Waals surface area contributed by atoms with Gasteiger partial charge < -0.3 is 5.32 Å². The number of nitrogens with one attached hydrogen (secondary N) is 1. The number of amides is 1. The average Bonchev–Trinajstić information content (AvgIpc) is 3.11. The highest BCUT2D eigenvalue weighted by atomic mass is 32.2. The van der Waals surface area contributed by atoms with Crippen LogP contribution >= 0.6 is 11.3 Å². The molecule has 0 saturated carbocycles. The van der Waals surface area contributed by atoms with Gasteiger partial charge in [-0.2, -0.15) is 9.57 Å². The van der Waals surface area contributed by atoms with Gasteiger partial charge in [0.05, 0.1) is 17.0 Å². The van der Waals surface area contributed by atoms with Gasteiger partial charge in [0.25, 0.3) is 0 Å². The van der Waals surface area contributed by atoms with Crippen molar-refractivity contribution in [2.24, 2.45) is 0 Å². The van der Waals surface area contributed by atoms with Gasteiger partial charge in [0.1, 0.15) is 11.1 Å².